The van der Waals surface area contributed by atoms with E-state index in [0.717, 1.165) is 34.2 Å². The van der Waals surface area contributed by atoms with Gasteiger partial charge in [-0.05, 0) is 42.7 Å². The SMILES string of the molecule is CCCCOc1ccccc1/C=N/N=C1\NC(=O)C(Cc2ccc(Br)cc2)S1. The van der Waals surface area contributed by atoms with E-state index >= 15 is 0 Å². The lowest BCUT2D eigenvalue weighted by Gasteiger charge is -2.07. The Hall–Kier alpha value is -2.12. The highest BCUT2D eigenvalue weighted by Gasteiger charge is 2.30. The van der Waals surface area contributed by atoms with Gasteiger partial charge in [0, 0.05) is 10.0 Å². The van der Waals surface area contributed by atoms with Crippen molar-refractivity contribution in [3.63, 3.8) is 0 Å². The molecule has 5 nitrogen and oxygen atoms in total. The molecular weight excluding hydrogens is 438 g/mol. The quantitative estimate of drug-likeness (QED) is 0.350. The number of thioether (sulfide) groups is 1. The Labute approximate surface area is 177 Å². The first-order valence-corrected chi connectivity index (χ1v) is 10.9. The van der Waals surface area contributed by atoms with Gasteiger partial charge in [-0.15, -0.1) is 5.10 Å². The summed E-state index contributed by atoms with van der Waals surface area (Å²) < 4.78 is 6.81. The van der Waals surface area contributed by atoms with Crippen molar-refractivity contribution in [2.45, 2.75) is 31.4 Å². The Balaban J connectivity index is 1.60. The number of nitrogens with one attached hydrogen (secondary N) is 1. The Morgan fingerprint density at radius 3 is 2.79 bits per heavy atom. The number of nitrogens with zero attached hydrogens (tertiary/aromatic N) is 2. The van der Waals surface area contributed by atoms with Crippen molar-refractivity contribution in [1.82, 2.24) is 5.32 Å². The summed E-state index contributed by atoms with van der Waals surface area (Å²) in [5.41, 5.74) is 1.97. The lowest BCUT2D eigenvalue weighted by atomic mass is 10.1. The van der Waals surface area contributed by atoms with Crippen molar-refractivity contribution >= 4 is 45.0 Å². The van der Waals surface area contributed by atoms with Crippen molar-refractivity contribution in [2.75, 3.05) is 6.61 Å². The van der Waals surface area contributed by atoms with Gasteiger partial charge < -0.3 is 10.1 Å². The van der Waals surface area contributed by atoms with Crippen LogP contribution in [0.3, 0.4) is 0 Å². The predicted octanol–water partition coefficient (Wildman–Crippen LogP) is 4.79. The lowest BCUT2D eigenvalue weighted by molar-refractivity contribution is -0.118. The van der Waals surface area contributed by atoms with E-state index in [1.807, 2.05) is 48.5 Å². The second kappa shape index (κ2) is 10.4. The van der Waals surface area contributed by atoms with Crippen LogP contribution in [0.15, 0.2) is 63.2 Å². The molecule has 1 unspecified atom stereocenters. The fraction of sp³-hybridized carbons (Fsp3) is 0.286. The normalized spacial score (nSPS) is 18.0. The third kappa shape index (κ3) is 5.94. The van der Waals surface area contributed by atoms with Crippen LogP contribution in [0, 0.1) is 0 Å². The molecule has 1 saturated heterocycles. The molecule has 0 radical (unpaired) electrons. The van der Waals surface area contributed by atoms with E-state index < -0.39 is 0 Å². The zero-order valence-corrected chi connectivity index (χ0v) is 18.0. The summed E-state index contributed by atoms with van der Waals surface area (Å²) in [7, 11) is 0. The van der Waals surface area contributed by atoms with Crippen molar-refractivity contribution in [1.29, 1.82) is 0 Å². The fourth-order valence-electron chi connectivity index (χ4n) is 2.61. The van der Waals surface area contributed by atoms with Crippen LogP contribution in [0.5, 0.6) is 5.75 Å². The number of rotatable bonds is 8. The number of halogens is 1. The van der Waals surface area contributed by atoms with E-state index in [4.69, 9.17) is 4.74 Å². The molecule has 0 saturated carbocycles. The third-order valence-corrected chi connectivity index (χ3v) is 5.73. The summed E-state index contributed by atoms with van der Waals surface area (Å²) >= 11 is 4.83. The van der Waals surface area contributed by atoms with Gasteiger partial charge in [0.15, 0.2) is 5.17 Å². The Bertz CT molecular complexity index is 868. The van der Waals surface area contributed by atoms with Crippen LogP contribution in [0.4, 0.5) is 0 Å². The number of carbonyl (C=O) groups is 1. The molecule has 1 aliphatic heterocycles. The average Bonchev–Trinajstić information content (AvgIpc) is 3.04. The largest absolute Gasteiger partial charge is 0.493 e. The van der Waals surface area contributed by atoms with Crippen LogP contribution >= 0.6 is 27.7 Å². The first-order chi connectivity index (χ1) is 13.7. The van der Waals surface area contributed by atoms with Gasteiger partial charge in [0.2, 0.25) is 5.91 Å². The van der Waals surface area contributed by atoms with E-state index in [0.29, 0.717) is 18.2 Å². The van der Waals surface area contributed by atoms with Crippen LogP contribution in [-0.4, -0.2) is 29.1 Å². The molecule has 7 heteroatoms. The Kier molecular flexibility index (Phi) is 7.68. The number of ether oxygens (including phenoxy) is 1. The highest BCUT2D eigenvalue weighted by atomic mass is 79.9. The zero-order valence-electron chi connectivity index (χ0n) is 15.6. The molecule has 1 heterocycles. The van der Waals surface area contributed by atoms with Crippen molar-refractivity contribution in [3.05, 3.63) is 64.1 Å². The Morgan fingerprint density at radius 1 is 1.21 bits per heavy atom. The van der Waals surface area contributed by atoms with Gasteiger partial charge in [-0.25, -0.2) is 0 Å². The van der Waals surface area contributed by atoms with Crippen molar-refractivity contribution < 1.29 is 9.53 Å². The smallest absolute Gasteiger partial charge is 0.239 e. The molecule has 1 amide bonds. The van der Waals surface area contributed by atoms with Gasteiger partial charge in [-0.3, -0.25) is 4.79 Å². The molecule has 146 valence electrons. The first-order valence-electron chi connectivity index (χ1n) is 9.20. The molecule has 1 N–H and O–H groups in total. The van der Waals surface area contributed by atoms with E-state index in [1.54, 1.807) is 6.21 Å². The summed E-state index contributed by atoms with van der Waals surface area (Å²) in [4.78, 5) is 12.2. The predicted molar refractivity (Wildman–Crippen MR) is 119 cm³/mol. The van der Waals surface area contributed by atoms with Gasteiger partial charge in [0.25, 0.3) is 0 Å². The van der Waals surface area contributed by atoms with Crippen LogP contribution < -0.4 is 10.1 Å². The topological polar surface area (TPSA) is 63.1 Å². The molecule has 0 spiro atoms. The highest BCUT2D eigenvalue weighted by Crippen LogP contribution is 2.24. The monoisotopic (exact) mass is 459 g/mol. The van der Waals surface area contributed by atoms with E-state index in [1.165, 1.54) is 11.8 Å². The summed E-state index contributed by atoms with van der Waals surface area (Å²) in [5.74, 6) is 0.751. The van der Waals surface area contributed by atoms with Gasteiger partial charge in [-0.1, -0.05) is 65.3 Å². The number of hydrogen-bond acceptors (Lipinski definition) is 5. The molecule has 0 aromatic heterocycles. The van der Waals surface area contributed by atoms with Gasteiger partial charge in [0.05, 0.1) is 18.1 Å². The molecule has 0 bridgehead atoms. The lowest BCUT2D eigenvalue weighted by Crippen LogP contribution is -2.25. The maximum atomic E-state index is 12.2. The van der Waals surface area contributed by atoms with Crippen molar-refractivity contribution in [2.24, 2.45) is 10.2 Å². The molecule has 0 aliphatic carbocycles. The maximum Gasteiger partial charge on any atom is 0.239 e. The zero-order chi connectivity index (χ0) is 19.8. The van der Waals surface area contributed by atoms with Gasteiger partial charge >= 0.3 is 0 Å². The van der Waals surface area contributed by atoms with E-state index in [2.05, 4.69) is 38.4 Å². The number of hydrogen-bond donors (Lipinski definition) is 1. The second-order valence-corrected chi connectivity index (χ2v) is 8.42. The summed E-state index contributed by atoms with van der Waals surface area (Å²) in [6.07, 6.45) is 4.40. The highest BCUT2D eigenvalue weighted by molar-refractivity contribution is 9.10. The number of unbranched alkanes of at least 4 members (excludes halogenated alkanes) is 1. The summed E-state index contributed by atoms with van der Waals surface area (Å²) in [6, 6.07) is 15.7. The number of amidine groups is 1. The van der Waals surface area contributed by atoms with Crippen LogP contribution in [0.25, 0.3) is 0 Å². The molecule has 28 heavy (non-hydrogen) atoms. The molecule has 2 aromatic rings. The molecule has 1 atom stereocenters. The number of para-hydroxylation sites is 1. The second-order valence-electron chi connectivity index (χ2n) is 6.32. The van der Waals surface area contributed by atoms with E-state index in [-0.39, 0.29) is 11.2 Å². The molecule has 2 aromatic carbocycles. The van der Waals surface area contributed by atoms with Crippen LogP contribution in [-0.2, 0) is 11.2 Å². The maximum absolute atomic E-state index is 12.2. The minimum Gasteiger partial charge on any atom is -0.493 e. The van der Waals surface area contributed by atoms with Gasteiger partial charge in [0.1, 0.15) is 5.75 Å². The van der Waals surface area contributed by atoms with Crippen LogP contribution in [0.1, 0.15) is 30.9 Å². The van der Waals surface area contributed by atoms with Crippen molar-refractivity contribution in [3.8, 4) is 5.75 Å². The minimum atomic E-state index is -0.195. The van der Waals surface area contributed by atoms with Crippen LogP contribution in [0.2, 0.25) is 0 Å². The molecule has 1 fully saturated rings. The van der Waals surface area contributed by atoms with Gasteiger partial charge in [-0.2, -0.15) is 5.10 Å². The fourth-order valence-corrected chi connectivity index (χ4v) is 3.84. The number of carbonyl (C=O) groups excluding carboxylic acids is 1. The third-order valence-electron chi connectivity index (χ3n) is 4.13. The summed E-state index contributed by atoms with van der Waals surface area (Å²) in [6.45, 7) is 2.81. The number of benzene rings is 2. The first kappa shape index (κ1) is 20.6. The summed E-state index contributed by atoms with van der Waals surface area (Å²) in [5, 5.41) is 11.4. The molecular formula is C21H22BrN3O2S. The molecule has 1 aliphatic rings. The minimum absolute atomic E-state index is 0.0369. The standard InChI is InChI=1S/C21H22BrN3O2S/c1-2-3-12-27-18-7-5-4-6-16(18)14-23-25-21-24-20(26)19(28-21)13-15-8-10-17(22)11-9-15/h4-11,14,19H,2-3,12-13H2,1H3,(H,24,25,26)/b23-14+. The molecule has 3 rings (SSSR count). The van der Waals surface area contributed by atoms with E-state index in [9.17, 15) is 4.79 Å². The Morgan fingerprint density at radius 2 is 2.00 bits per heavy atom. The number of amides is 1. The average molecular weight is 460 g/mol.